The van der Waals surface area contributed by atoms with Gasteiger partial charge in [0.1, 0.15) is 18.2 Å². The van der Waals surface area contributed by atoms with Crippen molar-refractivity contribution in [1.82, 2.24) is 0 Å². The van der Waals surface area contributed by atoms with Crippen molar-refractivity contribution >= 4 is 49.8 Å². The highest BCUT2D eigenvalue weighted by molar-refractivity contribution is 9.11. The predicted molar refractivity (Wildman–Crippen MR) is 124 cm³/mol. The van der Waals surface area contributed by atoms with Gasteiger partial charge in [-0.2, -0.15) is 0 Å². The van der Waals surface area contributed by atoms with Crippen LogP contribution in [0.1, 0.15) is 22.3 Å². The molecule has 156 valence electrons. The van der Waals surface area contributed by atoms with Crippen molar-refractivity contribution in [2.75, 3.05) is 0 Å². The van der Waals surface area contributed by atoms with E-state index in [0.717, 1.165) is 5.56 Å². The fourth-order valence-corrected chi connectivity index (χ4v) is 4.53. The third-order valence-electron chi connectivity index (χ3n) is 4.51. The van der Waals surface area contributed by atoms with Crippen LogP contribution in [0.15, 0.2) is 80.3 Å². The fraction of sp³-hybridized carbons (Fsp3) is 0.0833. The minimum Gasteiger partial charge on any atom is -0.487 e. The average Bonchev–Trinajstić information content (AvgIpc) is 3.08. The summed E-state index contributed by atoms with van der Waals surface area (Å²) in [6, 6.07) is 17.7. The van der Waals surface area contributed by atoms with Crippen LogP contribution in [0.25, 0.3) is 6.08 Å². The minimum atomic E-state index is -0.634. The van der Waals surface area contributed by atoms with E-state index in [2.05, 4.69) is 42.9 Å². The van der Waals surface area contributed by atoms with Crippen LogP contribution in [0.4, 0.5) is 4.39 Å². The molecule has 0 amide bonds. The predicted octanol–water partition coefficient (Wildman–Crippen LogP) is 6.58. The van der Waals surface area contributed by atoms with Crippen LogP contribution < -0.4 is 4.74 Å². The first-order chi connectivity index (χ1) is 14.9. The molecule has 31 heavy (non-hydrogen) atoms. The molecule has 0 unspecified atom stereocenters. The van der Waals surface area contributed by atoms with Crippen LogP contribution in [0.5, 0.6) is 5.75 Å². The number of ether oxygens (including phenoxy) is 2. The van der Waals surface area contributed by atoms with Gasteiger partial charge in [0.15, 0.2) is 5.70 Å². The lowest BCUT2D eigenvalue weighted by molar-refractivity contribution is -0.129. The normalized spacial score (nSPS) is 14.5. The van der Waals surface area contributed by atoms with Gasteiger partial charge in [-0.15, -0.1) is 0 Å². The summed E-state index contributed by atoms with van der Waals surface area (Å²) < 4.78 is 26.5. The first-order valence-electron chi connectivity index (χ1n) is 9.35. The number of carbonyl (C=O) groups excluding carboxylic acids is 1. The first-order valence-corrected chi connectivity index (χ1v) is 10.9. The lowest BCUT2D eigenvalue weighted by atomic mass is 10.1. The number of cyclic esters (lactones) is 1. The van der Waals surface area contributed by atoms with Crippen molar-refractivity contribution < 1.29 is 18.7 Å². The lowest BCUT2D eigenvalue weighted by Gasteiger charge is -2.12. The van der Waals surface area contributed by atoms with Crippen molar-refractivity contribution in [3.63, 3.8) is 0 Å². The molecule has 1 heterocycles. The topological polar surface area (TPSA) is 47.9 Å². The van der Waals surface area contributed by atoms with Crippen LogP contribution in [0.3, 0.4) is 0 Å². The van der Waals surface area contributed by atoms with Gasteiger partial charge < -0.3 is 9.47 Å². The van der Waals surface area contributed by atoms with Crippen molar-refractivity contribution in [2.45, 2.75) is 13.5 Å². The second-order valence-corrected chi connectivity index (χ2v) is 8.62. The van der Waals surface area contributed by atoms with Crippen LogP contribution in [0.2, 0.25) is 0 Å². The van der Waals surface area contributed by atoms with Gasteiger partial charge in [-0.3, -0.25) is 0 Å². The number of aliphatic imine (C=N–C) groups is 1. The van der Waals surface area contributed by atoms with E-state index in [1.165, 1.54) is 17.7 Å². The summed E-state index contributed by atoms with van der Waals surface area (Å²) in [6.45, 7) is 2.45. The molecule has 0 atom stereocenters. The van der Waals surface area contributed by atoms with Gasteiger partial charge in [0.25, 0.3) is 0 Å². The van der Waals surface area contributed by atoms with Crippen molar-refractivity contribution in [2.24, 2.45) is 4.99 Å². The number of carbonyl (C=O) groups is 1. The summed E-state index contributed by atoms with van der Waals surface area (Å²) in [5.41, 5.74) is 3.16. The third-order valence-corrected chi connectivity index (χ3v) is 5.69. The van der Waals surface area contributed by atoms with Crippen LogP contribution in [-0.2, 0) is 16.1 Å². The highest BCUT2D eigenvalue weighted by Gasteiger charge is 2.26. The van der Waals surface area contributed by atoms with Crippen molar-refractivity contribution in [3.05, 3.63) is 103 Å². The van der Waals surface area contributed by atoms with Crippen LogP contribution in [0, 0.1) is 12.7 Å². The molecule has 4 rings (SSSR count). The number of benzene rings is 3. The number of hydrogen-bond donors (Lipinski definition) is 0. The van der Waals surface area contributed by atoms with E-state index in [1.807, 2.05) is 37.3 Å². The molecule has 7 heteroatoms. The molecule has 0 fully saturated rings. The fourth-order valence-electron chi connectivity index (χ4n) is 3.08. The second-order valence-electron chi connectivity index (χ2n) is 6.91. The van der Waals surface area contributed by atoms with E-state index in [9.17, 15) is 9.18 Å². The van der Waals surface area contributed by atoms with Gasteiger partial charge in [0.05, 0.1) is 14.5 Å². The Balaban J connectivity index is 1.57. The number of rotatable bonds is 5. The van der Waals surface area contributed by atoms with E-state index >= 15 is 0 Å². The van der Waals surface area contributed by atoms with E-state index < -0.39 is 11.8 Å². The molecule has 1 aliphatic rings. The maximum atomic E-state index is 14.0. The minimum absolute atomic E-state index is 0.0504. The average molecular weight is 545 g/mol. The van der Waals surface area contributed by atoms with Crippen molar-refractivity contribution in [1.29, 1.82) is 0 Å². The molecule has 0 aromatic heterocycles. The molecule has 0 aliphatic carbocycles. The molecule has 0 spiro atoms. The van der Waals surface area contributed by atoms with E-state index in [1.54, 1.807) is 18.2 Å². The second kappa shape index (κ2) is 9.16. The van der Waals surface area contributed by atoms with Crippen LogP contribution in [-0.4, -0.2) is 11.9 Å². The standard InChI is InChI=1S/C24H16Br2FNO3/c1-14-5-4-6-15(9-14)13-30-22-18(25)10-16(11-19(22)26)12-21-24(29)31-23(28-21)17-7-2-3-8-20(17)27/h2-12H,13H2,1H3/b21-12-. The zero-order valence-electron chi connectivity index (χ0n) is 16.4. The van der Waals surface area contributed by atoms with Gasteiger partial charge in [-0.05, 0) is 80.3 Å². The Kier molecular flexibility index (Phi) is 6.34. The molecular formula is C24H16Br2FNO3. The molecule has 0 saturated carbocycles. The maximum Gasteiger partial charge on any atom is 0.363 e. The van der Waals surface area contributed by atoms with Gasteiger partial charge in [-0.1, -0.05) is 42.0 Å². The summed E-state index contributed by atoms with van der Waals surface area (Å²) in [7, 11) is 0. The van der Waals surface area contributed by atoms with Crippen LogP contribution >= 0.6 is 31.9 Å². The molecular weight excluding hydrogens is 529 g/mol. The number of halogens is 3. The summed E-state index contributed by atoms with van der Waals surface area (Å²) in [6.07, 6.45) is 1.58. The zero-order chi connectivity index (χ0) is 22.0. The highest BCUT2D eigenvalue weighted by Crippen LogP contribution is 2.36. The van der Waals surface area contributed by atoms with E-state index in [4.69, 9.17) is 9.47 Å². The number of aryl methyl sites for hydroxylation is 1. The molecule has 0 saturated heterocycles. The van der Waals surface area contributed by atoms with Gasteiger partial charge in [-0.25, -0.2) is 14.2 Å². The van der Waals surface area contributed by atoms with E-state index in [-0.39, 0.29) is 17.2 Å². The molecule has 3 aromatic carbocycles. The largest absolute Gasteiger partial charge is 0.487 e. The Morgan fingerprint density at radius 1 is 1.06 bits per heavy atom. The third kappa shape index (κ3) is 4.94. The Hall–Kier alpha value is -2.77. The zero-order valence-corrected chi connectivity index (χ0v) is 19.5. The van der Waals surface area contributed by atoms with E-state index in [0.29, 0.717) is 26.9 Å². The molecule has 1 aliphatic heterocycles. The number of nitrogens with zero attached hydrogens (tertiary/aromatic N) is 1. The number of hydrogen-bond acceptors (Lipinski definition) is 4. The SMILES string of the molecule is Cc1cccc(COc2c(Br)cc(/C=C3\N=C(c4ccccc4F)OC3=O)cc2Br)c1. The Morgan fingerprint density at radius 3 is 2.52 bits per heavy atom. The smallest absolute Gasteiger partial charge is 0.363 e. The van der Waals surface area contributed by atoms with Gasteiger partial charge >= 0.3 is 5.97 Å². The summed E-state index contributed by atoms with van der Waals surface area (Å²) in [5.74, 6) is -0.542. The van der Waals surface area contributed by atoms with Crippen molar-refractivity contribution in [3.8, 4) is 5.75 Å². The monoisotopic (exact) mass is 543 g/mol. The quantitative estimate of drug-likeness (QED) is 0.269. The molecule has 0 radical (unpaired) electrons. The molecule has 0 bridgehead atoms. The summed E-state index contributed by atoms with van der Waals surface area (Å²) >= 11 is 7.05. The maximum absolute atomic E-state index is 14.0. The summed E-state index contributed by atoms with van der Waals surface area (Å²) in [4.78, 5) is 16.4. The number of esters is 1. The summed E-state index contributed by atoms with van der Waals surface area (Å²) in [5, 5.41) is 0. The highest BCUT2D eigenvalue weighted by atomic mass is 79.9. The van der Waals surface area contributed by atoms with Gasteiger partial charge in [0, 0.05) is 0 Å². The Bertz CT molecular complexity index is 1210. The molecule has 4 nitrogen and oxygen atoms in total. The molecule has 0 N–H and O–H groups in total. The van der Waals surface area contributed by atoms with Gasteiger partial charge in [0.2, 0.25) is 5.90 Å². The Labute approximate surface area is 195 Å². The Morgan fingerprint density at radius 2 is 1.81 bits per heavy atom. The lowest BCUT2D eigenvalue weighted by Crippen LogP contribution is -2.07. The molecule has 3 aromatic rings. The first kappa shape index (κ1) is 21.5.